The van der Waals surface area contributed by atoms with Crippen molar-refractivity contribution in [3.05, 3.63) is 68.9 Å². The Kier molecular flexibility index (Phi) is 6.54. The van der Waals surface area contributed by atoms with Crippen molar-refractivity contribution in [1.29, 1.82) is 0 Å². The van der Waals surface area contributed by atoms with Gasteiger partial charge in [0.15, 0.2) is 0 Å². The van der Waals surface area contributed by atoms with E-state index in [1.165, 1.54) is 12.1 Å². The summed E-state index contributed by atoms with van der Waals surface area (Å²) in [5.41, 5.74) is 0.819. The van der Waals surface area contributed by atoms with Gasteiger partial charge in [0.05, 0.1) is 11.4 Å². The van der Waals surface area contributed by atoms with Crippen molar-refractivity contribution in [3.63, 3.8) is 0 Å². The second-order valence-electron chi connectivity index (χ2n) is 5.96. The molecule has 3 rings (SSSR count). The van der Waals surface area contributed by atoms with Gasteiger partial charge in [-0.15, -0.1) is 10.2 Å². The number of hydrogen-bond acceptors (Lipinski definition) is 5. The molecule has 5 nitrogen and oxygen atoms in total. The van der Waals surface area contributed by atoms with Crippen LogP contribution >= 0.6 is 34.5 Å². The summed E-state index contributed by atoms with van der Waals surface area (Å²) in [5, 5.41) is 9.57. The Morgan fingerprint density at radius 1 is 1.07 bits per heavy atom. The van der Waals surface area contributed by atoms with E-state index in [-0.39, 0.29) is 21.6 Å². The monoisotopic (exact) mass is 459 g/mol. The number of halogens is 3. The van der Waals surface area contributed by atoms with E-state index in [0.29, 0.717) is 22.9 Å². The molecule has 0 spiro atoms. The lowest BCUT2D eigenvalue weighted by Crippen LogP contribution is -2.29. The van der Waals surface area contributed by atoms with Crippen LogP contribution in [0.15, 0.2) is 42.5 Å². The van der Waals surface area contributed by atoms with Gasteiger partial charge < -0.3 is 0 Å². The van der Waals surface area contributed by atoms with E-state index in [1.54, 1.807) is 19.1 Å². The minimum Gasteiger partial charge on any atom is -0.208 e. The van der Waals surface area contributed by atoms with Gasteiger partial charge in [0.1, 0.15) is 10.8 Å². The van der Waals surface area contributed by atoms with Gasteiger partial charge in [-0.05, 0) is 42.3 Å². The third-order valence-corrected chi connectivity index (χ3v) is 7.13. The Bertz CT molecular complexity index is 1070. The van der Waals surface area contributed by atoms with E-state index < -0.39 is 15.8 Å². The van der Waals surface area contributed by atoms with Crippen LogP contribution in [0.3, 0.4) is 0 Å². The Balaban J connectivity index is 1.99. The fourth-order valence-electron chi connectivity index (χ4n) is 2.54. The van der Waals surface area contributed by atoms with Crippen molar-refractivity contribution < 1.29 is 12.8 Å². The summed E-state index contributed by atoms with van der Waals surface area (Å²) in [6, 6.07) is 11.1. The predicted octanol–water partition coefficient (Wildman–Crippen LogP) is 5.45. The predicted molar refractivity (Wildman–Crippen MR) is 112 cm³/mol. The van der Waals surface area contributed by atoms with E-state index >= 15 is 0 Å². The molecule has 2 aromatic carbocycles. The topological polar surface area (TPSA) is 63.2 Å². The standard InChI is InChI=1S/C18H16Cl2FN3O2S2/c1-2-9-28(25,26)24(16-8-7-14(20)11-15(16)21)18-23-22-17(27-18)10-12-3-5-13(19)6-4-12/h3-8,11H,2,9-10H2,1H3. The minimum absolute atomic E-state index is 0.0821. The Labute approximate surface area is 176 Å². The first-order valence-electron chi connectivity index (χ1n) is 8.35. The molecule has 0 bridgehead atoms. The summed E-state index contributed by atoms with van der Waals surface area (Å²) in [5.74, 6) is -0.900. The second kappa shape index (κ2) is 8.73. The molecule has 0 radical (unpaired) electrons. The zero-order valence-corrected chi connectivity index (χ0v) is 17.9. The molecule has 28 heavy (non-hydrogen) atoms. The molecule has 0 atom stereocenters. The highest BCUT2D eigenvalue weighted by Gasteiger charge is 2.29. The number of rotatable bonds is 7. The van der Waals surface area contributed by atoms with Crippen LogP contribution in [0.1, 0.15) is 23.9 Å². The SMILES string of the molecule is CCCS(=O)(=O)N(c1nnc(Cc2ccc(Cl)cc2)s1)c1ccc(Cl)cc1F. The van der Waals surface area contributed by atoms with Crippen LogP contribution in [-0.2, 0) is 16.4 Å². The summed E-state index contributed by atoms with van der Waals surface area (Å²) >= 11 is 12.8. The maximum atomic E-state index is 14.5. The fraction of sp³-hybridized carbons (Fsp3) is 0.222. The van der Waals surface area contributed by atoms with E-state index in [0.717, 1.165) is 27.3 Å². The molecule has 0 N–H and O–H groups in total. The summed E-state index contributed by atoms with van der Waals surface area (Å²) < 4.78 is 41.1. The van der Waals surface area contributed by atoms with E-state index in [4.69, 9.17) is 23.2 Å². The Morgan fingerprint density at radius 3 is 2.39 bits per heavy atom. The lowest BCUT2D eigenvalue weighted by molar-refractivity contribution is 0.590. The largest absolute Gasteiger partial charge is 0.241 e. The maximum Gasteiger partial charge on any atom is 0.241 e. The molecule has 0 aliphatic carbocycles. The number of sulfonamides is 1. The summed E-state index contributed by atoms with van der Waals surface area (Å²) in [7, 11) is -3.84. The van der Waals surface area contributed by atoms with Gasteiger partial charge >= 0.3 is 0 Å². The van der Waals surface area contributed by atoms with Gasteiger partial charge in [-0.3, -0.25) is 0 Å². The Morgan fingerprint density at radius 2 is 1.75 bits per heavy atom. The highest BCUT2D eigenvalue weighted by Crippen LogP contribution is 2.35. The summed E-state index contributed by atoms with van der Waals surface area (Å²) in [4.78, 5) is 0. The van der Waals surface area contributed by atoms with Crippen molar-refractivity contribution >= 4 is 55.4 Å². The highest BCUT2D eigenvalue weighted by atomic mass is 35.5. The van der Waals surface area contributed by atoms with Crippen LogP contribution < -0.4 is 4.31 Å². The van der Waals surface area contributed by atoms with E-state index in [9.17, 15) is 12.8 Å². The summed E-state index contributed by atoms with van der Waals surface area (Å²) in [6.07, 6.45) is 0.837. The molecule has 0 aliphatic heterocycles. The van der Waals surface area contributed by atoms with E-state index in [1.807, 2.05) is 12.1 Å². The lowest BCUT2D eigenvalue weighted by atomic mass is 10.2. The average Bonchev–Trinajstić information content (AvgIpc) is 3.07. The zero-order valence-electron chi connectivity index (χ0n) is 14.8. The fourth-order valence-corrected chi connectivity index (χ4v) is 5.49. The molecule has 0 fully saturated rings. The number of benzene rings is 2. The van der Waals surface area contributed by atoms with Crippen LogP contribution in [0.25, 0.3) is 0 Å². The van der Waals surface area contributed by atoms with Crippen molar-refractivity contribution in [2.45, 2.75) is 19.8 Å². The molecule has 0 saturated heterocycles. The van der Waals surface area contributed by atoms with Gasteiger partial charge in [0, 0.05) is 16.5 Å². The normalized spacial score (nSPS) is 11.6. The number of hydrogen-bond donors (Lipinski definition) is 0. The summed E-state index contributed by atoms with van der Waals surface area (Å²) in [6.45, 7) is 1.74. The number of nitrogens with zero attached hydrogens (tertiary/aromatic N) is 3. The quantitative estimate of drug-likeness (QED) is 0.470. The Hall–Kier alpha value is -1.74. The minimum atomic E-state index is -3.84. The third kappa shape index (κ3) is 4.81. The molecule has 0 aliphatic rings. The van der Waals surface area contributed by atoms with Crippen LogP contribution in [0.2, 0.25) is 10.0 Å². The molecule has 1 aromatic heterocycles. The first-order valence-corrected chi connectivity index (χ1v) is 11.5. The van der Waals surface area contributed by atoms with Crippen molar-refractivity contribution in [1.82, 2.24) is 10.2 Å². The molecular formula is C18H16Cl2FN3O2S2. The molecule has 1 heterocycles. The lowest BCUT2D eigenvalue weighted by Gasteiger charge is -2.21. The van der Waals surface area contributed by atoms with Crippen molar-refractivity contribution in [2.75, 3.05) is 10.1 Å². The van der Waals surface area contributed by atoms with Crippen molar-refractivity contribution in [3.8, 4) is 0 Å². The van der Waals surface area contributed by atoms with Crippen LogP contribution in [0.4, 0.5) is 15.2 Å². The first-order chi connectivity index (χ1) is 13.3. The number of aromatic nitrogens is 2. The molecule has 3 aromatic rings. The van der Waals surface area contributed by atoms with Crippen LogP contribution in [0, 0.1) is 5.82 Å². The van der Waals surface area contributed by atoms with Gasteiger partial charge in [-0.25, -0.2) is 17.1 Å². The second-order valence-corrected chi connectivity index (χ2v) is 9.81. The van der Waals surface area contributed by atoms with E-state index in [2.05, 4.69) is 10.2 Å². The van der Waals surface area contributed by atoms with Gasteiger partial charge in [-0.2, -0.15) is 0 Å². The average molecular weight is 460 g/mol. The highest BCUT2D eigenvalue weighted by molar-refractivity contribution is 7.93. The van der Waals surface area contributed by atoms with Gasteiger partial charge in [-0.1, -0.05) is 53.6 Å². The maximum absolute atomic E-state index is 14.5. The first kappa shape index (κ1) is 21.0. The molecule has 0 amide bonds. The molecule has 148 valence electrons. The molecule has 10 heteroatoms. The zero-order chi connectivity index (χ0) is 20.3. The van der Waals surface area contributed by atoms with Crippen LogP contribution in [0.5, 0.6) is 0 Å². The molecule has 0 saturated carbocycles. The number of anilines is 2. The van der Waals surface area contributed by atoms with Gasteiger partial charge in [0.25, 0.3) is 0 Å². The smallest absolute Gasteiger partial charge is 0.208 e. The van der Waals surface area contributed by atoms with Crippen molar-refractivity contribution in [2.24, 2.45) is 0 Å². The van der Waals surface area contributed by atoms with Crippen LogP contribution in [-0.4, -0.2) is 24.4 Å². The molecular weight excluding hydrogens is 444 g/mol. The molecule has 0 unspecified atom stereocenters. The van der Waals surface area contributed by atoms with Gasteiger partial charge in [0.2, 0.25) is 15.2 Å². The third-order valence-electron chi connectivity index (χ3n) is 3.77.